The maximum atomic E-state index is 11.2. The molecular formula is C28H27KO3. The zero-order valence-corrected chi connectivity index (χ0v) is 21.8. The fourth-order valence-corrected chi connectivity index (χ4v) is 7.38. The molecule has 0 unspecified atom stereocenters. The number of hydrogen-bond donors (Lipinski definition) is 1. The Hall–Kier alpha value is -1.01. The summed E-state index contributed by atoms with van der Waals surface area (Å²) in [6.07, 6.45) is 8.06. The van der Waals surface area contributed by atoms with Gasteiger partial charge in [0.1, 0.15) is 0 Å². The van der Waals surface area contributed by atoms with Gasteiger partial charge in [0, 0.05) is 0 Å². The zero-order valence-electron chi connectivity index (χ0n) is 18.6. The molecule has 3 aromatic carbocycles. The molecule has 4 fully saturated rings. The van der Waals surface area contributed by atoms with Crippen molar-refractivity contribution in [3.8, 4) is 11.1 Å². The number of hydrogen-bond acceptors (Lipinski definition) is 3. The smallest absolute Gasteiger partial charge is 0.545 e. The topological polar surface area (TPSA) is 60.4 Å². The maximum Gasteiger partial charge on any atom is 1.00 e. The van der Waals surface area contributed by atoms with Gasteiger partial charge >= 0.3 is 51.4 Å². The SMILES string of the molecule is O=C([O-])c1ccc2cc(-c3ccc(CO)c(C45CC6CC(CC(C6)C4)C5)c3)ccc2c1.[K+]. The fraction of sp³-hybridized carbons (Fsp3) is 0.393. The summed E-state index contributed by atoms with van der Waals surface area (Å²) in [6, 6.07) is 17.9. The Balaban J connectivity index is 0.00000216. The van der Waals surface area contributed by atoms with Gasteiger partial charge in [-0.25, -0.2) is 0 Å². The minimum Gasteiger partial charge on any atom is -0.545 e. The van der Waals surface area contributed by atoms with Gasteiger partial charge in [-0.05, 0) is 112 Å². The monoisotopic (exact) mass is 450 g/mol. The fourth-order valence-electron chi connectivity index (χ4n) is 7.38. The van der Waals surface area contributed by atoms with Crippen molar-refractivity contribution >= 4 is 16.7 Å². The van der Waals surface area contributed by atoms with Gasteiger partial charge in [0.05, 0.1) is 12.6 Å². The summed E-state index contributed by atoms with van der Waals surface area (Å²) in [5.41, 5.74) is 5.21. The molecule has 4 aliphatic rings. The molecule has 0 atom stereocenters. The van der Waals surface area contributed by atoms with Crippen LogP contribution in [0.4, 0.5) is 0 Å². The van der Waals surface area contributed by atoms with Crippen molar-refractivity contribution in [3.63, 3.8) is 0 Å². The van der Waals surface area contributed by atoms with E-state index in [2.05, 4.69) is 30.3 Å². The summed E-state index contributed by atoms with van der Waals surface area (Å²) >= 11 is 0. The third-order valence-corrected chi connectivity index (χ3v) is 8.30. The summed E-state index contributed by atoms with van der Waals surface area (Å²) in [5, 5.41) is 23.2. The first kappa shape index (κ1) is 22.8. The number of benzene rings is 3. The van der Waals surface area contributed by atoms with Crippen molar-refractivity contribution in [2.24, 2.45) is 17.8 Å². The number of aromatic carboxylic acids is 1. The number of rotatable bonds is 4. The van der Waals surface area contributed by atoms with Crippen LogP contribution >= 0.6 is 0 Å². The van der Waals surface area contributed by atoms with Crippen LogP contribution in [0.2, 0.25) is 0 Å². The molecule has 0 amide bonds. The Bertz CT molecular complexity index is 1160. The zero-order chi connectivity index (χ0) is 21.2. The average molecular weight is 451 g/mol. The molecule has 4 aliphatic carbocycles. The van der Waals surface area contributed by atoms with Gasteiger partial charge in [-0.2, -0.15) is 0 Å². The first-order chi connectivity index (χ1) is 15.0. The molecule has 158 valence electrons. The number of carboxylic acid groups (broad SMARTS) is 1. The summed E-state index contributed by atoms with van der Waals surface area (Å²) in [4.78, 5) is 11.2. The molecule has 3 aromatic rings. The Labute approximate surface area is 231 Å². The van der Waals surface area contributed by atoms with E-state index in [1.165, 1.54) is 49.7 Å². The molecule has 4 bridgehead atoms. The van der Waals surface area contributed by atoms with E-state index in [0.29, 0.717) is 0 Å². The maximum absolute atomic E-state index is 11.2. The van der Waals surface area contributed by atoms with Gasteiger partial charge in [0.15, 0.2) is 0 Å². The number of carbonyl (C=O) groups excluding carboxylic acids is 1. The Morgan fingerprint density at radius 1 is 0.844 bits per heavy atom. The van der Waals surface area contributed by atoms with Crippen LogP contribution in [-0.2, 0) is 12.0 Å². The van der Waals surface area contributed by atoms with Crippen molar-refractivity contribution in [2.75, 3.05) is 0 Å². The van der Waals surface area contributed by atoms with E-state index in [1.54, 1.807) is 12.1 Å². The predicted octanol–water partition coefficient (Wildman–Crippen LogP) is 1.83. The van der Waals surface area contributed by atoms with Crippen LogP contribution in [0.25, 0.3) is 21.9 Å². The molecule has 7 rings (SSSR count). The molecule has 0 heterocycles. The molecule has 32 heavy (non-hydrogen) atoms. The van der Waals surface area contributed by atoms with Gasteiger partial charge in [0.25, 0.3) is 0 Å². The van der Waals surface area contributed by atoms with Gasteiger partial charge < -0.3 is 15.0 Å². The number of aliphatic hydroxyl groups excluding tert-OH is 1. The number of carboxylic acids is 1. The molecule has 4 saturated carbocycles. The molecule has 0 aromatic heterocycles. The molecule has 4 heteroatoms. The van der Waals surface area contributed by atoms with Crippen molar-refractivity contribution in [3.05, 3.63) is 71.3 Å². The van der Waals surface area contributed by atoms with E-state index < -0.39 is 5.97 Å². The number of aliphatic hydroxyl groups is 1. The van der Waals surface area contributed by atoms with Crippen LogP contribution in [0.5, 0.6) is 0 Å². The van der Waals surface area contributed by atoms with Crippen molar-refractivity contribution in [1.29, 1.82) is 0 Å². The molecule has 0 saturated heterocycles. The standard InChI is InChI=1S/C28H28O3.K/c29-16-25-6-4-23(21-1-2-22-11-24(27(30)31)5-3-20(22)10-21)12-26(25)28-13-17-7-18(14-28)9-19(8-17)15-28;/h1-6,10-12,17-19,29H,7-9,13-16H2,(H,30,31);/q;+1/p-1. The minimum absolute atomic E-state index is 0. The van der Waals surface area contributed by atoms with E-state index >= 15 is 0 Å². The quantitative estimate of drug-likeness (QED) is 0.617. The molecule has 0 radical (unpaired) electrons. The summed E-state index contributed by atoms with van der Waals surface area (Å²) in [6.45, 7) is 0.0983. The third-order valence-electron chi connectivity index (χ3n) is 8.30. The van der Waals surface area contributed by atoms with E-state index in [1.807, 2.05) is 12.1 Å². The largest absolute Gasteiger partial charge is 1.00 e. The summed E-state index contributed by atoms with van der Waals surface area (Å²) in [5.74, 6) is 1.44. The van der Waals surface area contributed by atoms with Crippen LogP contribution in [0, 0.1) is 17.8 Å². The molecule has 0 aliphatic heterocycles. The van der Waals surface area contributed by atoms with Gasteiger partial charge in [-0.1, -0.05) is 42.5 Å². The number of fused-ring (bicyclic) bond motifs is 1. The molecule has 0 spiro atoms. The first-order valence-corrected chi connectivity index (χ1v) is 11.5. The van der Waals surface area contributed by atoms with Gasteiger partial charge in [-0.3, -0.25) is 0 Å². The van der Waals surface area contributed by atoms with E-state index in [4.69, 9.17) is 0 Å². The van der Waals surface area contributed by atoms with Crippen LogP contribution in [0.1, 0.15) is 60.0 Å². The van der Waals surface area contributed by atoms with Crippen molar-refractivity contribution < 1.29 is 66.4 Å². The second-order valence-corrected chi connectivity index (χ2v) is 10.3. The summed E-state index contributed by atoms with van der Waals surface area (Å²) in [7, 11) is 0. The third kappa shape index (κ3) is 3.83. The van der Waals surface area contributed by atoms with Crippen molar-refractivity contribution in [2.45, 2.75) is 50.5 Å². The molecular weight excluding hydrogens is 423 g/mol. The van der Waals surface area contributed by atoms with Crippen LogP contribution < -0.4 is 56.5 Å². The summed E-state index contributed by atoms with van der Waals surface area (Å²) < 4.78 is 0. The average Bonchev–Trinajstić information content (AvgIpc) is 2.77. The van der Waals surface area contributed by atoms with Crippen molar-refractivity contribution in [1.82, 2.24) is 0 Å². The molecule has 1 N–H and O–H groups in total. The van der Waals surface area contributed by atoms with Crippen LogP contribution in [0.3, 0.4) is 0 Å². The second-order valence-electron chi connectivity index (χ2n) is 10.3. The normalized spacial score (nSPS) is 28.0. The Kier molecular flexibility index (Phi) is 6.15. The Morgan fingerprint density at radius 2 is 1.41 bits per heavy atom. The Morgan fingerprint density at radius 3 is 2.03 bits per heavy atom. The first-order valence-electron chi connectivity index (χ1n) is 11.5. The molecule has 3 nitrogen and oxygen atoms in total. The van der Waals surface area contributed by atoms with Crippen LogP contribution in [0.15, 0.2) is 54.6 Å². The predicted molar refractivity (Wildman–Crippen MR) is 119 cm³/mol. The minimum atomic E-state index is -1.15. The van der Waals surface area contributed by atoms with Gasteiger partial charge in [0.2, 0.25) is 0 Å². The van der Waals surface area contributed by atoms with E-state index in [9.17, 15) is 15.0 Å². The number of carbonyl (C=O) groups is 1. The second kappa shape index (κ2) is 8.64. The van der Waals surface area contributed by atoms with Gasteiger partial charge in [-0.15, -0.1) is 0 Å². The van der Waals surface area contributed by atoms with E-state index in [0.717, 1.165) is 39.7 Å². The van der Waals surface area contributed by atoms with Crippen LogP contribution in [-0.4, -0.2) is 11.1 Å². The van der Waals surface area contributed by atoms with E-state index in [-0.39, 0.29) is 69.0 Å².